The van der Waals surface area contributed by atoms with E-state index in [0.29, 0.717) is 12.2 Å². The minimum absolute atomic E-state index is 0.0522. The molecule has 0 saturated carbocycles. The summed E-state index contributed by atoms with van der Waals surface area (Å²) >= 11 is 0. The highest BCUT2D eigenvalue weighted by atomic mass is 28.4. The van der Waals surface area contributed by atoms with Gasteiger partial charge in [-0.2, -0.15) is 0 Å². The highest BCUT2D eigenvalue weighted by molar-refractivity contribution is 6.99. The minimum atomic E-state index is -2.90. The fraction of sp³-hybridized carbons (Fsp3) is 0.412. The second kappa shape index (κ2) is 12.9. The van der Waals surface area contributed by atoms with Crippen molar-refractivity contribution in [1.29, 1.82) is 0 Å². The molecule has 8 heteroatoms. The van der Waals surface area contributed by atoms with Crippen LogP contribution in [0.3, 0.4) is 0 Å². The molecular formula is C34H42O7Si. The van der Waals surface area contributed by atoms with E-state index in [1.54, 1.807) is 0 Å². The lowest BCUT2D eigenvalue weighted by Gasteiger charge is -2.45. The average Bonchev–Trinajstić information content (AvgIpc) is 3.39. The molecule has 2 heterocycles. The standard InChI is InChI=1S/C34H42O7Si/c1-5-6-16-23-37-34(25-17-10-7-11-18-25)40-31-30(36)29(35)28(39-32(31)41-34)24-38-42(33(2,3)4,26-19-12-8-13-20-26)27-21-14-9-15-22-27/h5,7-15,17-22,28-32,35-36H,1,6,16,23-24H2,2-4H3/t28-,29-,30+,31+,32+,34?/m1/s1. The van der Waals surface area contributed by atoms with E-state index >= 15 is 0 Å². The van der Waals surface area contributed by atoms with Gasteiger partial charge in [0.1, 0.15) is 24.4 Å². The van der Waals surface area contributed by atoms with Crippen LogP contribution in [0.4, 0.5) is 0 Å². The summed E-state index contributed by atoms with van der Waals surface area (Å²) in [5.41, 5.74) is 0.642. The molecule has 3 aromatic carbocycles. The van der Waals surface area contributed by atoms with Gasteiger partial charge in [-0.15, -0.1) is 6.58 Å². The van der Waals surface area contributed by atoms with Gasteiger partial charge < -0.3 is 28.8 Å². The van der Waals surface area contributed by atoms with Crippen LogP contribution < -0.4 is 10.4 Å². The SMILES string of the molecule is C=CCCCOC1(c2ccccc2)O[C@@H]2O[C@H](CO[Si](c3ccccc3)(c3ccccc3)C(C)(C)C)[C@@H](O)[C@H](O)[C@@H]2O1. The summed E-state index contributed by atoms with van der Waals surface area (Å²) in [6.07, 6.45) is -2.01. The first-order chi connectivity index (χ1) is 20.2. The number of benzene rings is 3. The normalized spacial score (nSPS) is 27.9. The number of hydrogen-bond donors (Lipinski definition) is 2. The Hall–Kier alpha value is -2.66. The van der Waals surface area contributed by atoms with Crippen LogP contribution in [0.1, 0.15) is 39.2 Å². The Morgan fingerprint density at radius 3 is 1.98 bits per heavy atom. The second-order valence-electron chi connectivity index (χ2n) is 11.9. The molecule has 0 aliphatic carbocycles. The predicted octanol–water partition coefficient (Wildman–Crippen LogP) is 4.22. The minimum Gasteiger partial charge on any atom is -0.405 e. The molecule has 0 bridgehead atoms. The largest absolute Gasteiger partial charge is 0.405 e. The van der Waals surface area contributed by atoms with E-state index in [-0.39, 0.29) is 11.6 Å². The van der Waals surface area contributed by atoms with E-state index in [0.717, 1.165) is 23.2 Å². The van der Waals surface area contributed by atoms with Crippen LogP contribution in [-0.4, -0.2) is 62.5 Å². The van der Waals surface area contributed by atoms with Gasteiger partial charge >= 0.3 is 5.97 Å². The molecule has 2 aliphatic heterocycles. The summed E-state index contributed by atoms with van der Waals surface area (Å²) in [6.45, 7) is 10.7. The number of aliphatic hydroxyl groups is 2. The summed E-state index contributed by atoms with van der Waals surface area (Å²) in [7, 11) is -2.90. The van der Waals surface area contributed by atoms with Crippen molar-refractivity contribution in [3.8, 4) is 0 Å². The number of fused-ring (bicyclic) bond motifs is 1. The van der Waals surface area contributed by atoms with Gasteiger partial charge in [-0.05, 0) is 28.3 Å². The first kappa shape index (κ1) is 30.8. The molecule has 7 nitrogen and oxygen atoms in total. The van der Waals surface area contributed by atoms with Crippen LogP contribution in [0, 0.1) is 0 Å². The Morgan fingerprint density at radius 1 is 0.857 bits per heavy atom. The molecule has 3 aromatic rings. The van der Waals surface area contributed by atoms with Crippen molar-refractivity contribution in [3.05, 3.63) is 109 Å². The van der Waals surface area contributed by atoms with Crippen LogP contribution in [0.2, 0.25) is 5.04 Å². The van der Waals surface area contributed by atoms with E-state index in [1.165, 1.54) is 0 Å². The molecule has 0 radical (unpaired) electrons. The molecule has 2 aliphatic rings. The Morgan fingerprint density at radius 2 is 1.43 bits per heavy atom. The number of ether oxygens (including phenoxy) is 4. The third-order valence-corrected chi connectivity index (χ3v) is 13.1. The zero-order valence-corrected chi connectivity index (χ0v) is 25.6. The molecule has 5 rings (SSSR count). The van der Waals surface area contributed by atoms with Gasteiger partial charge in [0, 0.05) is 5.56 Å². The Bertz CT molecular complexity index is 1240. The van der Waals surface area contributed by atoms with Crippen molar-refractivity contribution < 1.29 is 33.6 Å². The van der Waals surface area contributed by atoms with Gasteiger partial charge in [0.2, 0.25) is 0 Å². The van der Waals surface area contributed by atoms with Crippen molar-refractivity contribution >= 4 is 18.7 Å². The first-order valence-corrected chi connectivity index (χ1v) is 16.6. The highest BCUT2D eigenvalue weighted by Crippen LogP contribution is 2.44. The van der Waals surface area contributed by atoms with E-state index < -0.39 is 45.0 Å². The molecule has 6 atom stereocenters. The molecule has 0 aromatic heterocycles. The number of rotatable bonds is 11. The van der Waals surface area contributed by atoms with Gasteiger partial charge in [-0.25, -0.2) is 0 Å². The van der Waals surface area contributed by atoms with Crippen LogP contribution in [-0.2, 0) is 29.3 Å². The molecule has 2 N–H and O–H groups in total. The zero-order valence-electron chi connectivity index (χ0n) is 24.6. The summed E-state index contributed by atoms with van der Waals surface area (Å²) in [5.74, 6) is -1.58. The molecular weight excluding hydrogens is 548 g/mol. The smallest absolute Gasteiger partial charge is 0.314 e. The summed E-state index contributed by atoms with van der Waals surface area (Å²) in [5, 5.41) is 24.5. The molecule has 42 heavy (non-hydrogen) atoms. The van der Waals surface area contributed by atoms with Gasteiger partial charge in [-0.1, -0.05) is 118 Å². The van der Waals surface area contributed by atoms with Crippen LogP contribution in [0.5, 0.6) is 0 Å². The van der Waals surface area contributed by atoms with Crippen LogP contribution in [0.15, 0.2) is 104 Å². The Balaban J connectivity index is 1.42. The molecule has 0 amide bonds. The Kier molecular flexibility index (Phi) is 9.46. The van der Waals surface area contributed by atoms with E-state index in [2.05, 4.69) is 51.6 Å². The lowest BCUT2D eigenvalue weighted by atomic mass is 9.99. The summed E-state index contributed by atoms with van der Waals surface area (Å²) in [6, 6.07) is 29.9. The lowest BCUT2D eigenvalue weighted by molar-refractivity contribution is -0.367. The zero-order chi connectivity index (χ0) is 29.8. The fourth-order valence-electron chi connectivity index (χ4n) is 5.96. The maximum atomic E-state index is 11.3. The molecule has 2 saturated heterocycles. The third kappa shape index (κ3) is 5.91. The van der Waals surface area contributed by atoms with Crippen molar-refractivity contribution in [2.24, 2.45) is 0 Å². The van der Waals surface area contributed by atoms with E-state index in [1.807, 2.05) is 72.8 Å². The Labute approximate surface area is 249 Å². The van der Waals surface area contributed by atoms with E-state index in [9.17, 15) is 10.2 Å². The molecule has 0 spiro atoms. The third-order valence-electron chi connectivity index (χ3n) is 8.06. The highest BCUT2D eigenvalue weighted by Gasteiger charge is 2.59. The molecule has 224 valence electrons. The van der Waals surface area contributed by atoms with Gasteiger partial charge in [0.05, 0.1) is 13.2 Å². The van der Waals surface area contributed by atoms with Crippen LogP contribution in [0.25, 0.3) is 0 Å². The second-order valence-corrected chi connectivity index (χ2v) is 16.2. The van der Waals surface area contributed by atoms with Crippen molar-refractivity contribution in [3.63, 3.8) is 0 Å². The van der Waals surface area contributed by atoms with Crippen molar-refractivity contribution in [2.45, 2.75) is 75.3 Å². The van der Waals surface area contributed by atoms with Gasteiger partial charge in [-0.3, -0.25) is 4.74 Å². The summed E-state index contributed by atoms with van der Waals surface area (Å²) in [4.78, 5) is 0. The number of aliphatic hydroxyl groups excluding tert-OH is 2. The maximum absolute atomic E-state index is 11.3. The number of allylic oxidation sites excluding steroid dienone is 1. The lowest BCUT2D eigenvalue weighted by Crippen LogP contribution is -2.68. The summed E-state index contributed by atoms with van der Waals surface area (Å²) < 4.78 is 32.1. The van der Waals surface area contributed by atoms with Crippen molar-refractivity contribution in [1.82, 2.24) is 0 Å². The quantitative estimate of drug-likeness (QED) is 0.197. The average molecular weight is 591 g/mol. The van der Waals surface area contributed by atoms with Crippen molar-refractivity contribution in [2.75, 3.05) is 13.2 Å². The molecule has 2 fully saturated rings. The van der Waals surface area contributed by atoms with Gasteiger partial charge in [0.25, 0.3) is 8.32 Å². The predicted molar refractivity (Wildman–Crippen MR) is 164 cm³/mol. The maximum Gasteiger partial charge on any atom is 0.314 e. The number of hydrogen-bond acceptors (Lipinski definition) is 7. The first-order valence-electron chi connectivity index (χ1n) is 14.6. The topological polar surface area (TPSA) is 86.6 Å². The fourth-order valence-corrected chi connectivity index (χ4v) is 10.5. The van der Waals surface area contributed by atoms with Gasteiger partial charge in [0.15, 0.2) is 6.29 Å². The number of unbranched alkanes of at least 4 members (excludes halogenated alkanes) is 1. The van der Waals surface area contributed by atoms with Crippen LogP contribution >= 0.6 is 0 Å². The monoisotopic (exact) mass is 590 g/mol. The molecule has 1 unspecified atom stereocenters. The van der Waals surface area contributed by atoms with E-state index in [4.69, 9.17) is 23.4 Å².